The average Bonchev–Trinajstić information content (AvgIpc) is 2.75. The Morgan fingerprint density at radius 1 is 0.800 bits per heavy atom. The van der Waals surface area contributed by atoms with Crippen molar-refractivity contribution in [2.75, 3.05) is 5.01 Å². The molecule has 1 heterocycles. The third-order valence-corrected chi connectivity index (χ3v) is 3.01. The van der Waals surface area contributed by atoms with Gasteiger partial charge in [-0.15, -0.1) is 5.32 Å². The fraction of sp³-hybridized carbons (Fsp3) is 0.0667. The molecule has 5 heteroatoms. The zero-order valence-electron chi connectivity index (χ0n) is 10.6. The van der Waals surface area contributed by atoms with Crippen LogP contribution in [0, 0.1) is 0 Å². The summed E-state index contributed by atoms with van der Waals surface area (Å²) in [5.74, 6) is 0. The zero-order valence-corrected chi connectivity index (χ0v) is 10.6. The van der Waals surface area contributed by atoms with Crippen molar-refractivity contribution >= 4 is 17.7 Å². The van der Waals surface area contributed by atoms with E-state index in [1.165, 1.54) is 10.0 Å². The number of urea groups is 2. The van der Waals surface area contributed by atoms with Gasteiger partial charge in [0.25, 0.3) is 0 Å². The van der Waals surface area contributed by atoms with Crippen molar-refractivity contribution in [1.29, 1.82) is 0 Å². The first-order valence-corrected chi connectivity index (χ1v) is 6.22. The minimum Gasteiger partial charge on any atom is -0.244 e. The predicted octanol–water partition coefficient (Wildman–Crippen LogP) is 2.77. The predicted molar refractivity (Wildman–Crippen MR) is 73.8 cm³/mol. The van der Waals surface area contributed by atoms with Gasteiger partial charge in [0.15, 0.2) is 0 Å². The van der Waals surface area contributed by atoms with Gasteiger partial charge in [-0.1, -0.05) is 48.5 Å². The van der Waals surface area contributed by atoms with Gasteiger partial charge in [0.05, 0.1) is 12.2 Å². The van der Waals surface area contributed by atoms with Gasteiger partial charge in [-0.3, -0.25) is 0 Å². The second kappa shape index (κ2) is 5.05. The molecule has 4 amide bonds. The van der Waals surface area contributed by atoms with Crippen LogP contribution in [0.4, 0.5) is 15.3 Å². The number of hydrazine groups is 1. The molecular formula is C15H12N3O2. The van der Waals surface area contributed by atoms with E-state index in [0.29, 0.717) is 12.2 Å². The van der Waals surface area contributed by atoms with Crippen LogP contribution >= 0.6 is 0 Å². The van der Waals surface area contributed by atoms with E-state index in [9.17, 15) is 9.59 Å². The lowest BCUT2D eigenvalue weighted by Gasteiger charge is -2.25. The van der Waals surface area contributed by atoms with Crippen molar-refractivity contribution in [2.45, 2.75) is 6.54 Å². The SMILES string of the molecule is O=C1[N]C(=O)N(c2ccccc2)N1Cc1ccccc1. The largest absolute Gasteiger partial charge is 0.372 e. The standard InChI is InChI=1S/C15H12N3O2/c19-14-16-15(20)18(13-9-5-2-6-10-13)17(14)11-12-7-3-1-4-8-12/h1-10H,11H2. The van der Waals surface area contributed by atoms with E-state index in [0.717, 1.165) is 5.56 Å². The molecule has 99 valence electrons. The highest BCUT2D eigenvalue weighted by Gasteiger charge is 2.38. The number of rotatable bonds is 3. The molecule has 0 spiro atoms. The van der Waals surface area contributed by atoms with Gasteiger partial charge < -0.3 is 0 Å². The Balaban J connectivity index is 1.91. The number of hydrogen-bond donors (Lipinski definition) is 0. The van der Waals surface area contributed by atoms with E-state index >= 15 is 0 Å². The number of nitrogens with zero attached hydrogens (tertiary/aromatic N) is 3. The average molecular weight is 266 g/mol. The van der Waals surface area contributed by atoms with E-state index < -0.39 is 12.1 Å². The summed E-state index contributed by atoms with van der Waals surface area (Å²) >= 11 is 0. The van der Waals surface area contributed by atoms with Crippen molar-refractivity contribution in [3.8, 4) is 0 Å². The number of benzene rings is 2. The normalized spacial score (nSPS) is 14.6. The summed E-state index contributed by atoms with van der Waals surface area (Å²) < 4.78 is 0. The second-order valence-electron chi connectivity index (χ2n) is 4.37. The fourth-order valence-electron chi connectivity index (χ4n) is 2.09. The van der Waals surface area contributed by atoms with Gasteiger partial charge in [0, 0.05) is 0 Å². The monoisotopic (exact) mass is 266 g/mol. The highest BCUT2D eigenvalue weighted by molar-refractivity contribution is 6.08. The fourth-order valence-corrected chi connectivity index (χ4v) is 2.09. The van der Waals surface area contributed by atoms with Crippen molar-refractivity contribution in [3.63, 3.8) is 0 Å². The quantitative estimate of drug-likeness (QED) is 0.857. The number of imide groups is 1. The van der Waals surface area contributed by atoms with Crippen molar-refractivity contribution < 1.29 is 9.59 Å². The molecule has 0 N–H and O–H groups in total. The molecule has 2 aromatic rings. The van der Waals surface area contributed by atoms with Crippen LogP contribution in [0.5, 0.6) is 0 Å². The van der Waals surface area contributed by atoms with Crippen LogP contribution in [-0.4, -0.2) is 17.1 Å². The van der Waals surface area contributed by atoms with Crippen LogP contribution in [0.15, 0.2) is 60.7 Å². The summed E-state index contributed by atoms with van der Waals surface area (Å²) in [7, 11) is 0. The summed E-state index contributed by atoms with van der Waals surface area (Å²) in [6.07, 6.45) is 0. The first-order chi connectivity index (χ1) is 9.75. The molecule has 1 fully saturated rings. The summed E-state index contributed by atoms with van der Waals surface area (Å²) in [6.45, 7) is 0.309. The second-order valence-corrected chi connectivity index (χ2v) is 4.37. The maximum absolute atomic E-state index is 11.9. The molecule has 0 bridgehead atoms. The Labute approximate surface area is 116 Å². The van der Waals surface area contributed by atoms with Gasteiger partial charge in [-0.05, 0) is 17.7 Å². The Morgan fingerprint density at radius 2 is 1.40 bits per heavy atom. The van der Waals surface area contributed by atoms with Crippen molar-refractivity contribution in [1.82, 2.24) is 10.3 Å². The van der Waals surface area contributed by atoms with E-state index in [-0.39, 0.29) is 0 Å². The molecule has 0 atom stereocenters. The number of carbonyl (C=O) groups excluding carboxylic acids is 2. The number of para-hydroxylation sites is 1. The van der Waals surface area contributed by atoms with Crippen molar-refractivity contribution in [2.24, 2.45) is 0 Å². The molecular weight excluding hydrogens is 254 g/mol. The summed E-state index contributed by atoms with van der Waals surface area (Å²) in [5, 5.41) is 6.14. The lowest BCUT2D eigenvalue weighted by Crippen LogP contribution is -2.39. The molecule has 1 aliphatic heterocycles. The van der Waals surface area contributed by atoms with Gasteiger partial charge in [-0.25, -0.2) is 14.6 Å². The van der Waals surface area contributed by atoms with Crippen LogP contribution in [0.3, 0.4) is 0 Å². The molecule has 20 heavy (non-hydrogen) atoms. The number of amides is 4. The third-order valence-electron chi connectivity index (χ3n) is 3.01. The molecule has 1 radical (unpaired) electrons. The Kier molecular flexibility index (Phi) is 3.09. The first-order valence-electron chi connectivity index (χ1n) is 6.22. The maximum Gasteiger partial charge on any atom is 0.372 e. The Hall–Kier alpha value is -2.82. The maximum atomic E-state index is 11.9. The number of hydrogen-bond acceptors (Lipinski definition) is 2. The molecule has 5 nitrogen and oxygen atoms in total. The van der Waals surface area contributed by atoms with Gasteiger partial charge in [0.1, 0.15) is 0 Å². The minimum absolute atomic E-state index is 0.309. The zero-order chi connectivity index (χ0) is 13.9. The van der Waals surface area contributed by atoms with Crippen LogP contribution in [0.25, 0.3) is 0 Å². The summed E-state index contributed by atoms with van der Waals surface area (Å²) in [6, 6.07) is 17.4. The third kappa shape index (κ3) is 2.21. The summed E-state index contributed by atoms with van der Waals surface area (Å²) in [5.41, 5.74) is 1.56. The van der Waals surface area contributed by atoms with E-state index in [1.54, 1.807) is 12.1 Å². The molecule has 0 aromatic heterocycles. The molecule has 2 aromatic carbocycles. The Morgan fingerprint density at radius 3 is 2.05 bits per heavy atom. The summed E-state index contributed by atoms with van der Waals surface area (Å²) in [4.78, 5) is 23.8. The topological polar surface area (TPSA) is 54.7 Å². The lowest BCUT2D eigenvalue weighted by atomic mass is 10.2. The van der Waals surface area contributed by atoms with E-state index in [4.69, 9.17) is 0 Å². The number of carbonyl (C=O) groups is 2. The van der Waals surface area contributed by atoms with Crippen LogP contribution in [0.2, 0.25) is 0 Å². The molecule has 0 unspecified atom stereocenters. The van der Waals surface area contributed by atoms with Gasteiger partial charge >= 0.3 is 12.1 Å². The molecule has 3 rings (SSSR count). The van der Waals surface area contributed by atoms with Crippen molar-refractivity contribution in [3.05, 3.63) is 66.2 Å². The van der Waals surface area contributed by atoms with E-state index in [1.807, 2.05) is 48.5 Å². The van der Waals surface area contributed by atoms with Gasteiger partial charge in [0.2, 0.25) is 0 Å². The van der Waals surface area contributed by atoms with Gasteiger partial charge in [-0.2, -0.15) is 5.01 Å². The minimum atomic E-state index is -0.558. The number of anilines is 1. The molecule has 1 aliphatic rings. The molecule has 1 saturated heterocycles. The van der Waals surface area contributed by atoms with E-state index in [2.05, 4.69) is 5.32 Å². The first kappa shape index (κ1) is 12.2. The van der Waals surface area contributed by atoms with Crippen LogP contribution in [0.1, 0.15) is 5.56 Å². The Bertz CT molecular complexity index is 628. The lowest BCUT2D eigenvalue weighted by molar-refractivity contribution is 0.210. The molecule has 0 saturated carbocycles. The smallest absolute Gasteiger partial charge is 0.244 e. The van der Waals surface area contributed by atoms with Crippen LogP contribution < -0.4 is 10.3 Å². The highest BCUT2D eigenvalue weighted by atomic mass is 16.2. The molecule has 0 aliphatic carbocycles. The van der Waals surface area contributed by atoms with Crippen LogP contribution in [-0.2, 0) is 6.54 Å². The highest BCUT2D eigenvalue weighted by Crippen LogP contribution is 2.22.